The van der Waals surface area contributed by atoms with Gasteiger partial charge in [-0.1, -0.05) is 0 Å². The molecule has 0 radical (unpaired) electrons. The van der Waals surface area contributed by atoms with Crippen molar-refractivity contribution >= 4 is 0 Å². The van der Waals surface area contributed by atoms with Crippen molar-refractivity contribution in [1.82, 2.24) is 10.3 Å². The maximum absolute atomic E-state index is 8.67. The fourth-order valence-corrected chi connectivity index (χ4v) is 1.82. The van der Waals surface area contributed by atoms with Crippen molar-refractivity contribution in [1.29, 1.82) is 0 Å². The molecule has 0 unspecified atom stereocenters. The summed E-state index contributed by atoms with van der Waals surface area (Å²) in [5, 5.41) is 12.0. The summed E-state index contributed by atoms with van der Waals surface area (Å²) in [7, 11) is 1.69. The molecule has 0 aliphatic heterocycles. The second kappa shape index (κ2) is 7.25. The number of unbranched alkanes of at least 4 members (excludes halogenated alkanes) is 1. The fraction of sp³-hybridized carbons (Fsp3) is 0.615. The molecule has 0 amide bonds. The maximum atomic E-state index is 8.67. The van der Waals surface area contributed by atoms with E-state index in [1.54, 1.807) is 7.11 Å². The molecule has 0 aliphatic carbocycles. The molecular weight excluding hydrogens is 216 g/mol. The summed E-state index contributed by atoms with van der Waals surface area (Å²) in [6.45, 7) is 5.93. The predicted molar refractivity (Wildman–Crippen MR) is 68.3 cm³/mol. The first-order chi connectivity index (χ1) is 8.20. The van der Waals surface area contributed by atoms with Crippen LogP contribution >= 0.6 is 0 Å². The van der Waals surface area contributed by atoms with Crippen molar-refractivity contribution in [3.8, 4) is 5.75 Å². The van der Waals surface area contributed by atoms with Gasteiger partial charge in [-0.15, -0.1) is 0 Å². The second-order valence-electron chi connectivity index (χ2n) is 4.15. The van der Waals surface area contributed by atoms with Crippen LogP contribution in [0.3, 0.4) is 0 Å². The zero-order valence-corrected chi connectivity index (χ0v) is 10.9. The number of nitrogens with zero attached hydrogens (tertiary/aromatic N) is 1. The predicted octanol–water partition coefficient (Wildman–Crippen LogP) is 1.57. The Labute approximate surface area is 103 Å². The van der Waals surface area contributed by atoms with E-state index < -0.39 is 0 Å². The van der Waals surface area contributed by atoms with Crippen molar-refractivity contribution in [2.45, 2.75) is 33.2 Å². The van der Waals surface area contributed by atoms with Crippen LogP contribution < -0.4 is 10.1 Å². The maximum Gasteiger partial charge on any atom is 0.128 e. The van der Waals surface area contributed by atoms with Crippen LogP contribution in [0.15, 0.2) is 6.20 Å². The number of hydrogen-bond donors (Lipinski definition) is 2. The number of rotatable bonds is 7. The highest BCUT2D eigenvalue weighted by Crippen LogP contribution is 2.23. The largest absolute Gasteiger partial charge is 0.496 e. The van der Waals surface area contributed by atoms with Crippen molar-refractivity contribution in [3.05, 3.63) is 23.0 Å². The van der Waals surface area contributed by atoms with Gasteiger partial charge in [-0.25, -0.2) is 0 Å². The minimum atomic E-state index is 0.261. The molecule has 4 nitrogen and oxygen atoms in total. The number of nitrogens with one attached hydrogen (secondary N) is 1. The average Bonchev–Trinajstić information content (AvgIpc) is 2.32. The third-order valence-corrected chi connectivity index (χ3v) is 2.80. The van der Waals surface area contributed by atoms with Crippen molar-refractivity contribution in [2.24, 2.45) is 0 Å². The molecule has 0 bridgehead atoms. The molecule has 0 saturated carbocycles. The average molecular weight is 238 g/mol. The molecule has 17 heavy (non-hydrogen) atoms. The SMILES string of the molecule is COc1c(C)cnc(CNCCCCO)c1C. The molecule has 0 atom stereocenters. The summed E-state index contributed by atoms with van der Waals surface area (Å²) in [6.07, 6.45) is 3.67. The van der Waals surface area contributed by atoms with Gasteiger partial charge in [-0.05, 0) is 33.2 Å². The molecule has 0 saturated heterocycles. The van der Waals surface area contributed by atoms with Crippen molar-refractivity contribution in [3.63, 3.8) is 0 Å². The Bertz CT molecular complexity index is 354. The summed E-state index contributed by atoms with van der Waals surface area (Å²) in [5.74, 6) is 0.923. The minimum absolute atomic E-state index is 0.261. The molecule has 4 heteroatoms. The molecule has 1 aromatic rings. The number of aliphatic hydroxyl groups is 1. The number of hydrogen-bond acceptors (Lipinski definition) is 4. The Hall–Kier alpha value is -1.13. The van der Waals surface area contributed by atoms with Gasteiger partial charge in [0.15, 0.2) is 0 Å². The number of ether oxygens (including phenoxy) is 1. The fourth-order valence-electron chi connectivity index (χ4n) is 1.82. The quantitative estimate of drug-likeness (QED) is 0.708. The molecular formula is C13H22N2O2. The normalized spacial score (nSPS) is 10.6. The summed E-state index contributed by atoms with van der Waals surface area (Å²) >= 11 is 0. The molecule has 0 aliphatic rings. The van der Waals surface area contributed by atoms with Crippen LogP contribution in [-0.2, 0) is 6.54 Å². The van der Waals surface area contributed by atoms with Crippen molar-refractivity contribution in [2.75, 3.05) is 20.3 Å². The van der Waals surface area contributed by atoms with Crippen LogP contribution in [0.4, 0.5) is 0 Å². The lowest BCUT2D eigenvalue weighted by Gasteiger charge is -2.12. The number of aryl methyl sites for hydroxylation is 1. The van der Waals surface area contributed by atoms with E-state index in [0.29, 0.717) is 0 Å². The molecule has 0 aromatic carbocycles. The van der Waals surface area contributed by atoms with Gasteiger partial charge in [0.25, 0.3) is 0 Å². The number of aliphatic hydroxyl groups excluding tert-OH is 1. The van der Waals surface area contributed by atoms with E-state index in [4.69, 9.17) is 9.84 Å². The van der Waals surface area contributed by atoms with Crippen LogP contribution in [0, 0.1) is 13.8 Å². The lowest BCUT2D eigenvalue weighted by molar-refractivity contribution is 0.283. The topological polar surface area (TPSA) is 54.4 Å². The highest BCUT2D eigenvalue weighted by molar-refractivity contribution is 5.40. The molecule has 2 N–H and O–H groups in total. The number of methoxy groups -OCH3 is 1. The number of aromatic nitrogens is 1. The summed E-state index contributed by atoms with van der Waals surface area (Å²) in [5.41, 5.74) is 3.19. The van der Waals surface area contributed by atoms with E-state index >= 15 is 0 Å². The first-order valence-electron chi connectivity index (χ1n) is 6.01. The highest BCUT2D eigenvalue weighted by Gasteiger charge is 2.08. The molecule has 1 aromatic heterocycles. The first-order valence-corrected chi connectivity index (χ1v) is 6.01. The lowest BCUT2D eigenvalue weighted by atomic mass is 10.1. The smallest absolute Gasteiger partial charge is 0.128 e. The van der Waals surface area contributed by atoms with E-state index in [1.165, 1.54) is 0 Å². The molecule has 1 heterocycles. The zero-order valence-electron chi connectivity index (χ0n) is 10.9. The molecule has 0 fully saturated rings. The van der Waals surface area contributed by atoms with Gasteiger partial charge in [-0.2, -0.15) is 0 Å². The van der Waals surface area contributed by atoms with E-state index in [-0.39, 0.29) is 6.61 Å². The van der Waals surface area contributed by atoms with Crippen molar-refractivity contribution < 1.29 is 9.84 Å². The Morgan fingerprint density at radius 1 is 1.35 bits per heavy atom. The van der Waals surface area contributed by atoms with Crippen LogP contribution in [0.2, 0.25) is 0 Å². The van der Waals surface area contributed by atoms with Crippen LogP contribution in [-0.4, -0.2) is 30.4 Å². The third-order valence-electron chi connectivity index (χ3n) is 2.80. The molecule has 96 valence electrons. The highest BCUT2D eigenvalue weighted by atomic mass is 16.5. The zero-order chi connectivity index (χ0) is 12.7. The van der Waals surface area contributed by atoms with Gasteiger partial charge in [0, 0.05) is 30.5 Å². The minimum Gasteiger partial charge on any atom is -0.496 e. The summed E-state index contributed by atoms with van der Waals surface area (Å²) < 4.78 is 5.36. The van der Waals surface area contributed by atoms with E-state index in [2.05, 4.69) is 10.3 Å². The molecule has 1 rings (SSSR count). The Balaban J connectivity index is 2.54. The van der Waals surface area contributed by atoms with Gasteiger partial charge in [0.05, 0.1) is 12.8 Å². The monoisotopic (exact) mass is 238 g/mol. The summed E-state index contributed by atoms with van der Waals surface area (Å²) in [4.78, 5) is 4.41. The van der Waals surface area contributed by atoms with Gasteiger partial charge in [0.2, 0.25) is 0 Å². The summed E-state index contributed by atoms with van der Waals surface area (Å²) in [6, 6.07) is 0. The first kappa shape index (κ1) is 13.9. The van der Waals surface area contributed by atoms with Crippen LogP contribution in [0.5, 0.6) is 5.75 Å². The molecule has 0 spiro atoms. The van der Waals surface area contributed by atoms with Gasteiger partial charge < -0.3 is 15.2 Å². The van der Waals surface area contributed by atoms with E-state index in [0.717, 1.165) is 48.5 Å². The van der Waals surface area contributed by atoms with Gasteiger partial charge >= 0.3 is 0 Å². The number of pyridine rings is 1. The van der Waals surface area contributed by atoms with Crippen LogP contribution in [0.25, 0.3) is 0 Å². The van der Waals surface area contributed by atoms with Gasteiger partial charge in [0.1, 0.15) is 5.75 Å². The van der Waals surface area contributed by atoms with E-state index in [9.17, 15) is 0 Å². The lowest BCUT2D eigenvalue weighted by Crippen LogP contribution is -2.17. The Morgan fingerprint density at radius 3 is 2.76 bits per heavy atom. The third kappa shape index (κ3) is 3.98. The van der Waals surface area contributed by atoms with E-state index in [1.807, 2.05) is 20.0 Å². The Kier molecular flexibility index (Phi) is 5.94. The standard InChI is InChI=1S/C13H22N2O2/c1-10-8-15-12(11(2)13(10)17-3)9-14-6-4-5-7-16/h8,14,16H,4-7,9H2,1-3H3. The van der Waals surface area contributed by atoms with Gasteiger partial charge in [-0.3, -0.25) is 4.98 Å². The Morgan fingerprint density at radius 2 is 2.12 bits per heavy atom. The van der Waals surface area contributed by atoms with Crippen LogP contribution in [0.1, 0.15) is 29.7 Å². The second-order valence-corrected chi connectivity index (χ2v) is 4.15.